The molecule has 0 radical (unpaired) electrons. The summed E-state index contributed by atoms with van der Waals surface area (Å²) in [6, 6.07) is 5.46. The van der Waals surface area contributed by atoms with Crippen LogP contribution in [-0.2, 0) is 4.79 Å². The lowest BCUT2D eigenvalue weighted by molar-refractivity contribution is -0.115. The van der Waals surface area contributed by atoms with Crippen LogP contribution in [-0.4, -0.2) is 30.5 Å². The van der Waals surface area contributed by atoms with E-state index in [2.05, 4.69) is 23.8 Å². The largest absolute Gasteiger partial charge is 0.325 e. The minimum atomic E-state index is -0.0475. The summed E-state index contributed by atoms with van der Waals surface area (Å²) in [5, 5.41) is 7.10. The summed E-state index contributed by atoms with van der Waals surface area (Å²) in [6.45, 7) is 5.20. The zero-order valence-corrected chi connectivity index (χ0v) is 12.5. The summed E-state index contributed by atoms with van der Waals surface area (Å²) < 4.78 is 0. The number of amides is 1. The van der Waals surface area contributed by atoms with E-state index in [-0.39, 0.29) is 5.91 Å². The van der Waals surface area contributed by atoms with Crippen LogP contribution in [0.5, 0.6) is 0 Å². The van der Waals surface area contributed by atoms with Crippen LogP contribution in [0.2, 0.25) is 5.02 Å². The van der Waals surface area contributed by atoms with Crippen molar-refractivity contribution >= 4 is 35.0 Å². The fourth-order valence-corrected chi connectivity index (χ4v) is 1.85. The second-order valence-electron chi connectivity index (χ2n) is 4.18. The minimum Gasteiger partial charge on any atom is -0.325 e. The van der Waals surface area contributed by atoms with Gasteiger partial charge in [0.2, 0.25) is 5.91 Å². The summed E-state index contributed by atoms with van der Waals surface area (Å²) in [7, 11) is 0. The predicted molar refractivity (Wildman–Crippen MR) is 80.7 cm³/mol. The van der Waals surface area contributed by atoms with Gasteiger partial charge in [0.05, 0.1) is 6.54 Å². The lowest BCUT2D eigenvalue weighted by Crippen LogP contribution is -2.32. The van der Waals surface area contributed by atoms with Gasteiger partial charge in [0, 0.05) is 22.5 Å². The van der Waals surface area contributed by atoms with Gasteiger partial charge < -0.3 is 10.6 Å². The monoisotopic (exact) mass is 286 g/mol. The third kappa shape index (κ3) is 5.29. The highest BCUT2D eigenvalue weighted by atomic mass is 35.5. The molecule has 100 valence electrons. The molecule has 0 aliphatic heterocycles. The molecular formula is C13H19ClN2OS. The van der Waals surface area contributed by atoms with Crippen LogP contribution in [0.3, 0.4) is 0 Å². The molecule has 0 aromatic heterocycles. The molecule has 0 aliphatic rings. The normalized spacial score (nSPS) is 12.2. The number of nitrogens with one attached hydrogen (secondary N) is 2. The Kier molecular flexibility index (Phi) is 6.54. The molecule has 1 atom stereocenters. The van der Waals surface area contributed by atoms with Crippen LogP contribution in [0.4, 0.5) is 5.69 Å². The van der Waals surface area contributed by atoms with E-state index in [1.54, 1.807) is 17.8 Å². The van der Waals surface area contributed by atoms with Gasteiger partial charge in [-0.2, -0.15) is 11.8 Å². The molecule has 0 spiro atoms. The summed E-state index contributed by atoms with van der Waals surface area (Å²) in [6.07, 6.45) is 2.06. The molecule has 1 aromatic carbocycles. The number of carbonyl (C=O) groups excluding carboxylic acids is 1. The maximum atomic E-state index is 11.7. The van der Waals surface area contributed by atoms with E-state index >= 15 is 0 Å². The highest BCUT2D eigenvalue weighted by Crippen LogP contribution is 2.19. The second kappa shape index (κ2) is 7.67. The van der Waals surface area contributed by atoms with E-state index in [0.717, 1.165) is 17.8 Å². The molecule has 2 N–H and O–H groups in total. The van der Waals surface area contributed by atoms with Crippen molar-refractivity contribution in [3.63, 3.8) is 0 Å². The number of carbonyl (C=O) groups is 1. The van der Waals surface area contributed by atoms with Crippen LogP contribution in [0.15, 0.2) is 18.2 Å². The van der Waals surface area contributed by atoms with Gasteiger partial charge in [-0.3, -0.25) is 4.79 Å². The summed E-state index contributed by atoms with van der Waals surface area (Å²) in [5.41, 5.74) is 1.78. The molecule has 0 aliphatic carbocycles. The molecule has 18 heavy (non-hydrogen) atoms. The van der Waals surface area contributed by atoms with Crippen molar-refractivity contribution in [2.45, 2.75) is 19.1 Å². The Morgan fingerprint density at radius 3 is 2.89 bits per heavy atom. The van der Waals surface area contributed by atoms with Gasteiger partial charge in [0.1, 0.15) is 0 Å². The SMILES string of the molecule is CSC(C)CNCC(=O)Nc1cc(Cl)ccc1C. The molecule has 1 rings (SSSR count). The molecule has 1 unspecified atom stereocenters. The molecule has 5 heteroatoms. The van der Waals surface area contributed by atoms with Crippen LogP contribution in [0.1, 0.15) is 12.5 Å². The van der Waals surface area contributed by atoms with Crippen molar-refractivity contribution in [1.82, 2.24) is 5.32 Å². The van der Waals surface area contributed by atoms with Gasteiger partial charge in [-0.1, -0.05) is 24.6 Å². The van der Waals surface area contributed by atoms with E-state index < -0.39 is 0 Å². The van der Waals surface area contributed by atoms with Gasteiger partial charge in [0.25, 0.3) is 0 Å². The van der Waals surface area contributed by atoms with Crippen LogP contribution in [0, 0.1) is 6.92 Å². The molecule has 0 saturated carbocycles. The molecule has 0 heterocycles. The fraction of sp³-hybridized carbons (Fsp3) is 0.462. The predicted octanol–water partition coefficient (Wildman–Crippen LogP) is 2.93. The van der Waals surface area contributed by atoms with Gasteiger partial charge in [-0.05, 0) is 30.9 Å². The maximum Gasteiger partial charge on any atom is 0.238 e. The van der Waals surface area contributed by atoms with Gasteiger partial charge in [-0.25, -0.2) is 0 Å². The quantitative estimate of drug-likeness (QED) is 0.845. The van der Waals surface area contributed by atoms with E-state index in [9.17, 15) is 4.79 Å². The highest BCUT2D eigenvalue weighted by molar-refractivity contribution is 7.99. The number of hydrogen-bond acceptors (Lipinski definition) is 3. The zero-order chi connectivity index (χ0) is 13.5. The second-order valence-corrected chi connectivity index (χ2v) is 5.90. The van der Waals surface area contributed by atoms with E-state index in [4.69, 9.17) is 11.6 Å². The van der Waals surface area contributed by atoms with Crippen molar-refractivity contribution in [2.75, 3.05) is 24.7 Å². The molecule has 3 nitrogen and oxygen atoms in total. The summed E-state index contributed by atoms with van der Waals surface area (Å²) >= 11 is 7.67. The number of rotatable bonds is 6. The molecule has 0 fully saturated rings. The average Bonchev–Trinajstić information content (AvgIpc) is 2.33. The lowest BCUT2D eigenvalue weighted by Gasteiger charge is -2.11. The number of hydrogen-bond donors (Lipinski definition) is 2. The number of benzene rings is 1. The van der Waals surface area contributed by atoms with Crippen molar-refractivity contribution in [2.24, 2.45) is 0 Å². The smallest absolute Gasteiger partial charge is 0.238 e. The third-order valence-corrected chi connectivity index (χ3v) is 3.80. The average molecular weight is 287 g/mol. The Morgan fingerprint density at radius 1 is 1.50 bits per heavy atom. The first-order valence-corrected chi connectivity index (χ1v) is 7.49. The number of aryl methyl sites for hydroxylation is 1. The van der Waals surface area contributed by atoms with E-state index in [1.807, 2.05) is 19.1 Å². The first-order chi connectivity index (χ1) is 8.52. The molecule has 0 saturated heterocycles. The fourth-order valence-electron chi connectivity index (χ4n) is 1.40. The van der Waals surface area contributed by atoms with Crippen molar-refractivity contribution in [3.8, 4) is 0 Å². The van der Waals surface area contributed by atoms with Crippen molar-refractivity contribution in [1.29, 1.82) is 0 Å². The van der Waals surface area contributed by atoms with E-state index in [0.29, 0.717) is 16.8 Å². The first-order valence-electron chi connectivity index (χ1n) is 5.82. The molecule has 0 bridgehead atoms. The van der Waals surface area contributed by atoms with Gasteiger partial charge >= 0.3 is 0 Å². The Labute approximate surface area is 118 Å². The zero-order valence-electron chi connectivity index (χ0n) is 10.9. The summed E-state index contributed by atoms with van der Waals surface area (Å²) in [5.74, 6) is -0.0475. The number of thioether (sulfide) groups is 1. The van der Waals surface area contributed by atoms with Crippen LogP contribution >= 0.6 is 23.4 Å². The Morgan fingerprint density at radius 2 is 2.22 bits per heavy atom. The molecular weight excluding hydrogens is 268 g/mol. The Balaban J connectivity index is 2.42. The standard InChI is InChI=1S/C13H19ClN2OS/c1-9-4-5-11(14)6-12(9)16-13(17)8-15-7-10(2)18-3/h4-6,10,15H,7-8H2,1-3H3,(H,16,17). The third-order valence-electron chi connectivity index (χ3n) is 2.59. The maximum absolute atomic E-state index is 11.7. The van der Waals surface area contributed by atoms with Crippen molar-refractivity contribution in [3.05, 3.63) is 28.8 Å². The number of halogens is 1. The first kappa shape index (κ1) is 15.3. The lowest BCUT2D eigenvalue weighted by atomic mass is 10.2. The van der Waals surface area contributed by atoms with Gasteiger partial charge in [0.15, 0.2) is 0 Å². The van der Waals surface area contributed by atoms with E-state index in [1.165, 1.54) is 0 Å². The van der Waals surface area contributed by atoms with Gasteiger partial charge in [-0.15, -0.1) is 0 Å². The van der Waals surface area contributed by atoms with Crippen LogP contribution < -0.4 is 10.6 Å². The Hall–Kier alpha value is -0.710. The minimum absolute atomic E-state index is 0.0475. The molecule has 1 aromatic rings. The van der Waals surface area contributed by atoms with Crippen molar-refractivity contribution < 1.29 is 4.79 Å². The number of anilines is 1. The highest BCUT2D eigenvalue weighted by Gasteiger charge is 2.06. The molecule has 1 amide bonds. The topological polar surface area (TPSA) is 41.1 Å². The van der Waals surface area contributed by atoms with Crippen LogP contribution in [0.25, 0.3) is 0 Å². The Bertz CT molecular complexity index is 412. The summed E-state index contributed by atoms with van der Waals surface area (Å²) in [4.78, 5) is 11.7.